The van der Waals surface area contributed by atoms with E-state index in [0.717, 1.165) is 44.9 Å². The molecular formula is C29H47FN4O5. The fourth-order valence-electron chi connectivity index (χ4n) is 8.92. The van der Waals surface area contributed by atoms with Crippen molar-refractivity contribution in [3.63, 3.8) is 0 Å². The minimum absolute atomic E-state index is 0.00512. The highest BCUT2D eigenvalue weighted by atomic mass is 19.1. The Bertz CT molecular complexity index is 927. The second-order valence-corrected chi connectivity index (χ2v) is 12.8. The first-order valence-corrected chi connectivity index (χ1v) is 15.0. The fourth-order valence-corrected chi connectivity index (χ4v) is 8.92. The second-order valence-electron chi connectivity index (χ2n) is 12.8. The van der Waals surface area contributed by atoms with Crippen molar-refractivity contribution in [1.82, 2.24) is 20.0 Å². The first-order valence-electron chi connectivity index (χ1n) is 15.0. The maximum Gasteiger partial charge on any atom is 0.317 e. The molecule has 0 aromatic rings. The van der Waals surface area contributed by atoms with Gasteiger partial charge >= 0.3 is 12.0 Å². The summed E-state index contributed by atoms with van der Waals surface area (Å²) >= 11 is 0. The highest BCUT2D eigenvalue weighted by Crippen LogP contribution is 2.58. The SMILES string of the molecule is COC1CCC2C(C1)N(C)C1C2C2(CCN(C(=O)NC3CCCCC3F)CC2)CN(C(C)=O)[C@H]1COC(C)=O. The number of piperidine rings is 2. The van der Waals surface area contributed by atoms with E-state index >= 15 is 0 Å². The Labute approximate surface area is 232 Å². The number of hydrogen-bond acceptors (Lipinski definition) is 6. The summed E-state index contributed by atoms with van der Waals surface area (Å²) in [6.07, 6.45) is 6.98. The zero-order valence-corrected chi connectivity index (χ0v) is 24.1. The van der Waals surface area contributed by atoms with Crippen molar-refractivity contribution in [3.05, 3.63) is 0 Å². The Morgan fingerprint density at radius 2 is 1.77 bits per heavy atom. The third kappa shape index (κ3) is 5.39. The van der Waals surface area contributed by atoms with E-state index < -0.39 is 12.2 Å². The number of hydrogen-bond donors (Lipinski definition) is 1. The number of amides is 3. The molecule has 0 aromatic carbocycles. The van der Waals surface area contributed by atoms with Crippen LogP contribution in [0.3, 0.4) is 0 Å². The molecule has 1 N–H and O–H groups in total. The van der Waals surface area contributed by atoms with Gasteiger partial charge in [0.05, 0.1) is 18.2 Å². The predicted octanol–water partition coefficient (Wildman–Crippen LogP) is 2.97. The zero-order valence-electron chi connectivity index (χ0n) is 24.1. The molecule has 8 atom stereocenters. The number of carbonyl (C=O) groups excluding carboxylic acids is 3. The van der Waals surface area contributed by atoms with Gasteiger partial charge in [-0.15, -0.1) is 0 Å². The van der Waals surface area contributed by atoms with Crippen LogP contribution in [0, 0.1) is 17.3 Å². The van der Waals surface area contributed by atoms with Gasteiger partial charge in [0.15, 0.2) is 0 Å². The van der Waals surface area contributed by atoms with Crippen molar-refractivity contribution in [2.24, 2.45) is 17.3 Å². The molecule has 5 rings (SSSR count). The van der Waals surface area contributed by atoms with Crippen LogP contribution in [-0.2, 0) is 19.1 Å². The third-order valence-electron chi connectivity index (χ3n) is 10.9. The largest absolute Gasteiger partial charge is 0.464 e. The smallest absolute Gasteiger partial charge is 0.317 e. The van der Waals surface area contributed by atoms with Gasteiger partial charge in [0.1, 0.15) is 12.8 Å². The number of likely N-dealkylation sites (tertiary alicyclic amines) is 3. The van der Waals surface area contributed by atoms with Crippen molar-refractivity contribution < 1.29 is 28.2 Å². The van der Waals surface area contributed by atoms with Crippen LogP contribution in [-0.4, -0.2) is 109 Å². The number of ether oxygens (including phenoxy) is 2. The van der Waals surface area contributed by atoms with Crippen molar-refractivity contribution in [2.45, 2.75) is 108 Å². The zero-order chi connectivity index (χ0) is 27.9. The number of carbonyl (C=O) groups is 3. The number of esters is 1. The Hall–Kier alpha value is -1.94. The van der Waals surface area contributed by atoms with Crippen LogP contribution in [0.2, 0.25) is 0 Å². The van der Waals surface area contributed by atoms with E-state index in [1.807, 2.05) is 9.80 Å². The number of urea groups is 1. The Morgan fingerprint density at radius 3 is 2.41 bits per heavy atom. The first-order chi connectivity index (χ1) is 18.6. The van der Waals surface area contributed by atoms with Crippen LogP contribution in [0.5, 0.6) is 0 Å². The molecule has 2 aliphatic carbocycles. The van der Waals surface area contributed by atoms with Gasteiger partial charge in [0.2, 0.25) is 5.91 Å². The minimum Gasteiger partial charge on any atom is -0.464 e. The standard InChI is InChI=1S/C29H47FN4O5/c1-18(35)34-17-29(11-13-33(14-12-29)28(37)31-23-8-6-5-7-22(23)30)26-21-10-9-20(38-4)15-24(21)32(3)27(26)25(34)16-39-19(2)36/h20-27H,5-17H2,1-4H3,(H,31,37)/t20?,21?,22?,23?,24?,25-,26?,27?/m0/s1. The van der Waals surface area contributed by atoms with Gasteiger partial charge in [0.25, 0.3) is 0 Å². The highest BCUT2D eigenvalue weighted by molar-refractivity contribution is 5.75. The monoisotopic (exact) mass is 550 g/mol. The maximum atomic E-state index is 14.4. The molecule has 0 bridgehead atoms. The number of halogens is 1. The molecule has 9 nitrogen and oxygen atoms in total. The van der Waals surface area contributed by atoms with Crippen molar-refractivity contribution in [3.8, 4) is 0 Å². The molecule has 0 radical (unpaired) electrons. The summed E-state index contributed by atoms with van der Waals surface area (Å²) in [4.78, 5) is 44.2. The molecule has 5 aliphatic rings. The lowest BCUT2D eigenvalue weighted by atomic mass is 9.57. The summed E-state index contributed by atoms with van der Waals surface area (Å²) in [6.45, 7) is 5.04. The van der Waals surface area contributed by atoms with Crippen LogP contribution in [0.4, 0.5) is 9.18 Å². The van der Waals surface area contributed by atoms with Gasteiger partial charge in [0, 0.05) is 52.7 Å². The van der Waals surface area contributed by atoms with Gasteiger partial charge in [-0.3, -0.25) is 14.5 Å². The summed E-state index contributed by atoms with van der Waals surface area (Å²) in [5.74, 6) is 0.464. The molecule has 0 aromatic heterocycles. The van der Waals surface area contributed by atoms with E-state index in [1.54, 1.807) is 14.0 Å². The molecule has 7 unspecified atom stereocenters. The molecule has 5 fully saturated rings. The van der Waals surface area contributed by atoms with Crippen LogP contribution in [0.15, 0.2) is 0 Å². The topological polar surface area (TPSA) is 91.4 Å². The van der Waals surface area contributed by atoms with Crippen LogP contribution < -0.4 is 5.32 Å². The lowest BCUT2D eigenvalue weighted by Gasteiger charge is -2.58. The summed E-state index contributed by atoms with van der Waals surface area (Å²) in [7, 11) is 3.95. The summed E-state index contributed by atoms with van der Waals surface area (Å²) in [5, 5.41) is 2.98. The molecule has 39 heavy (non-hydrogen) atoms. The summed E-state index contributed by atoms with van der Waals surface area (Å²) < 4.78 is 25.7. The predicted molar refractivity (Wildman–Crippen MR) is 144 cm³/mol. The molecule has 220 valence electrons. The molecule has 3 saturated heterocycles. The number of likely N-dealkylation sites (N-methyl/N-ethyl adjacent to an activating group) is 1. The molecule has 10 heteroatoms. The first kappa shape index (κ1) is 28.6. The Kier molecular flexibility index (Phi) is 8.43. The molecule has 3 amide bonds. The number of fused-ring (bicyclic) bond motifs is 4. The van der Waals surface area contributed by atoms with Crippen LogP contribution in [0.25, 0.3) is 0 Å². The Morgan fingerprint density at radius 1 is 1.05 bits per heavy atom. The molecule has 1 spiro atoms. The summed E-state index contributed by atoms with van der Waals surface area (Å²) in [6, 6.07) is -0.340. The van der Waals surface area contributed by atoms with E-state index in [9.17, 15) is 18.8 Å². The average molecular weight is 551 g/mol. The van der Waals surface area contributed by atoms with Gasteiger partial charge < -0.3 is 24.6 Å². The molecular weight excluding hydrogens is 503 g/mol. The Balaban J connectivity index is 1.38. The fraction of sp³-hybridized carbons (Fsp3) is 0.897. The number of alkyl halides is 1. The maximum absolute atomic E-state index is 14.4. The van der Waals surface area contributed by atoms with Crippen molar-refractivity contribution in [2.75, 3.05) is 40.4 Å². The van der Waals surface area contributed by atoms with E-state index in [1.165, 1.54) is 6.92 Å². The highest BCUT2D eigenvalue weighted by Gasteiger charge is 2.63. The number of nitrogens with zero attached hydrogens (tertiary/aromatic N) is 3. The van der Waals surface area contributed by atoms with Crippen LogP contribution in [0.1, 0.15) is 71.6 Å². The van der Waals surface area contributed by atoms with E-state index in [-0.39, 0.29) is 48.1 Å². The molecule has 3 heterocycles. The van der Waals surface area contributed by atoms with Crippen molar-refractivity contribution in [1.29, 1.82) is 0 Å². The van der Waals surface area contributed by atoms with E-state index in [4.69, 9.17) is 9.47 Å². The molecule has 3 aliphatic heterocycles. The number of nitrogens with one attached hydrogen (secondary N) is 1. The van der Waals surface area contributed by atoms with Crippen LogP contribution >= 0.6 is 0 Å². The van der Waals surface area contributed by atoms with E-state index in [2.05, 4.69) is 17.3 Å². The second kappa shape index (κ2) is 11.5. The van der Waals surface area contributed by atoms with Crippen molar-refractivity contribution >= 4 is 17.9 Å². The van der Waals surface area contributed by atoms with E-state index in [0.29, 0.717) is 50.4 Å². The normalized spacial score (nSPS) is 38.2. The molecule has 2 saturated carbocycles. The lowest BCUT2D eigenvalue weighted by molar-refractivity contribution is -0.158. The minimum atomic E-state index is -0.968. The number of rotatable bonds is 4. The average Bonchev–Trinajstić information content (AvgIpc) is 3.22. The van der Waals surface area contributed by atoms with Gasteiger partial charge in [-0.05, 0) is 69.2 Å². The van der Waals surface area contributed by atoms with Gasteiger partial charge in [-0.25, -0.2) is 9.18 Å². The van der Waals surface area contributed by atoms with Gasteiger partial charge in [-0.1, -0.05) is 12.8 Å². The van der Waals surface area contributed by atoms with Gasteiger partial charge in [-0.2, -0.15) is 0 Å². The number of methoxy groups -OCH3 is 1. The quantitative estimate of drug-likeness (QED) is 0.542. The third-order valence-corrected chi connectivity index (χ3v) is 10.9. The lowest BCUT2D eigenvalue weighted by Crippen LogP contribution is -2.67. The summed E-state index contributed by atoms with van der Waals surface area (Å²) in [5.41, 5.74) is -0.124.